The summed E-state index contributed by atoms with van der Waals surface area (Å²) in [5.74, 6) is 0. The Bertz CT molecular complexity index is 3480. The van der Waals surface area contributed by atoms with Gasteiger partial charge >= 0.3 is 0 Å². The highest BCUT2D eigenvalue weighted by atomic mass is 32.1. The molecular weight excluding hydrogens is 703 g/mol. The van der Waals surface area contributed by atoms with Gasteiger partial charge in [-0.2, -0.15) is 0 Å². The Balaban J connectivity index is 0.995. The number of thiophene rings is 1. The van der Waals surface area contributed by atoms with Gasteiger partial charge in [-0.1, -0.05) is 127 Å². The van der Waals surface area contributed by atoms with Gasteiger partial charge in [-0.25, -0.2) is 0 Å². The Kier molecular flexibility index (Phi) is 6.80. The minimum Gasteiger partial charge on any atom is -0.455 e. The van der Waals surface area contributed by atoms with E-state index in [9.17, 15) is 0 Å². The number of furan rings is 2. The summed E-state index contributed by atoms with van der Waals surface area (Å²) in [6.45, 7) is 0. The molecule has 0 aliphatic carbocycles. The molecule has 0 spiro atoms. The van der Waals surface area contributed by atoms with Gasteiger partial charge < -0.3 is 13.7 Å². The van der Waals surface area contributed by atoms with E-state index in [0.717, 1.165) is 72.1 Å². The van der Waals surface area contributed by atoms with Gasteiger partial charge in [-0.15, -0.1) is 11.3 Å². The molecule has 0 aliphatic heterocycles. The van der Waals surface area contributed by atoms with Gasteiger partial charge in [0.25, 0.3) is 0 Å². The summed E-state index contributed by atoms with van der Waals surface area (Å²) in [6, 6.07) is 67.1. The van der Waals surface area contributed by atoms with Crippen molar-refractivity contribution >= 4 is 103 Å². The van der Waals surface area contributed by atoms with Gasteiger partial charge in [0.2, 0.25) is 0 Å². The van der Waals surface area contributed by atoms with Gasteiger partial charge in [0, 0.05) is 58.7 Å². The van der Waals surface area contributed by atoms with Gasteiger partial charge in [0.1, 0.15) is 16.7 Å². The number of nitrogens with zero attached hydrogens (tertiary/aromatic N) is 1. The van der Waals surface area contributed by atoms with Crippen molar-refractivity contribution in [2.45, 2.75) is 0 Å². The molecule has 4 heteroatoms. The zero-order chi connectivity index (χ0) is 36.7. The number of rotatable bonds is 5. The van der Waals surface area contributed by atoms with Crippen LogP contribution in [0.2, 0.25) is 0 Å². The first-order valence-corrected chi connectivity index (χ1v) is 19.7. The molecule has 0 saturated heterocycles. The molecule has 0 atom stereocenters. The van der Waals surface area contributed by atoms with Crippen LogP contribution in [0.3, 0.4) is 0 Å². The third-order valence-electron chi connectivity index (χ3n) is 11.3. The van der Waals surface area contributed by atoms with Crippen LogP contribution in [-0.2, 0) is 0 Å². The predicted molar refractivity (Wildman–Crippen MR) is 237 cm³/mol. The second-order valence-electron chi connectivity index (χ2n) is 14.4. The van der Waals surface area contributed by atoms with E-state index < -0.39 is 0 Å². The second kappa shape index (κ2) is 12.2. The van der Waals surface area contributed by atoms with E-state index in [0.29, 0.717) is 0 Å². The molecule has 0 fully saturated rings. The third kappa shape index (κ3) is 4.76. The fourth-order valence-electron chi connectivity index (χ4n) is 8.59. The fourth-order valence-corrected chi connectivity index (χ4v) is 9.69. The quantitative estimate of drug-likeness (QED) is 0.176. The van der Waals surface area contributed by atoms with Crippen molar-refractivity contribution in [1.82, 2.24) is 0 Å². The van der Waals surface area contributed by atoms with E-state index in [1.54, 1.807) is 0 Å². The molecule has 0 bridgehead atoms. The average Bonchev–Trinajstić information content (AvgIpc) is 3.96. The molecule has 0 amide bonds. The van der Waals surface area contributed by atoms with Gasteiger partial charge in [-0.05, 0) is 88.1 Å². The molecule has 3 aromatic heterocycles. The highest BCUT2D eigenvalue weighted by molar-refractivity contribution is 7.26. The normalized spacial score (nSPS) is 11.9. The van der Waals surface area contributed by atoms with Crippen LogP contribution in [-0.4, -0.2) is 0 Å². The van der Waals surface area contributed by atoms with Gasteiger partial charge in [-0.3, -0.25) is 0 Å². The Labute approximate surface area is 325 Å². The third-order valence-corrected chi connectivity index (χ3v) is 12.4. The number of hydrogen-bond acceptors (Lipinski definition) is 4. The lowest BCUT2D eigenvalue weighted by molar-refractivity contribution is 0.669. The maximum Gasteiger partial charge on any atom is 0.159 e. The molecule has 0 unspecified atom stereocenters. The number of para-hydroxylation sites is 3. The van der Waals surface area contributed by atoms with E-state index >= 15 is 0 Å². The minimum absolute atomic E-state index is 0.857. The fraction of sp³-hybridized carbons (Fsp3) is 0. The maximum absolute atomic E-state index is 6.87. The molecule has 0 N–H and O–H groups in total. The van der Waals surface area contributed by atoms with Crippen LogP contribution in [0.15, 0.2) is 197 Å². The molecule has 262 valence electrons. The lowest BCUT2D eigenvalue weighted by Gasteiger charge is -2.26. The van der Waals surface area contributed by atoms with Crippen LogP contribution in [0.25, 0.3) is 97.1 Å². The lowest BCUT2D eigenvalue weighted by atomic mass is 10.00. The van der Waals surface area contributed by atoms with Crippen molar-refractivity contribution in [2.24, 2.45) is 0 Å². The Morgan fingerprint density at radius 3 is 1.86 bits per heavy atom. The van der Waals surface area contributed by atoms with Crippen molar-refractivity contribution in [3.05, 3.63) is 188 Å². The smallest absolute Gasteiger partial charge is 0.159 e. The molecule has 12 aromatic rings. The molecular formula is C52H31NO2S. The first-order chi connectivity index (χ1) is 27.7. The Morgan fingerprint density at radius 1 is 0.375 bits per heavy atom. The highest BCUT2D eigenvalue weighted by Crippen LogP contribution is 2.46. The number of hydrogen-bond donors (Lipinski definition) is 0. The Morgan fingerprint density at radius 2 is 1.02 bits per heavy atom. The van der Waals surface area contributed by atoms with Crippen LogP contribution in [0.5, 0.6) is 0 Å². The molecule has 3 nitrogen and oxygen atoms in total. The van der Waals surface area contributed by atoms with E-state index in [4.69, 9.17) is 8.83 Å². The van der Waals surface area contributed by atoms with Crippen molar-refractivity contribution in [2.75, 3.05) is 4.90 Å². The standard InChI is InChI=1S/C52H31NO2S/c1-2-10-35-31-36(20-19-32(35)9-1)33-21-25-37(26-22-33)53(45-16-8-15-41-40-11-3-5-17-46(40)54-51(41)45)38-27-23-34(24-28-38)39-13-7-14-42-43-29-30-48-49(52(43)55-50(39)42)44-12-4-6-18-47(44)56-48/h1-31H. The van der Waals surface area contributed by atoms with Crippen LogP contribution >= 0.6 is 11.3 Å². The largest absolute Gasteiger partial charge is 0.455 e. The van der Waals surface area contributed by atoms with Gasteiger partial charge in [0.05, 0.1) is 5.69 Å². The molecule has 9 aromatic carbocycles. The van der Waals surface area contributed by atoms with Crippen LogP contribution in [0.4, 0.5) is 17.1 Å². The number of fused-ring (bicyclic) bond motifs is 11. The first kappa shape index (κ1) is 31.2. The van der Waals surface area contributed by atoms with E-state index in [-0.39, 0.29) is 0 Å². The van der Waals surface area contributed by atoms with Crippen LogP contribution in [0.1, 0.15) is 0 Å². The molecule has 56 heavy (non-hydrogen) atoms. The second-order valence-corrected chi connectivity index (χ2v) is 15.5. The highest BCUT2D eigenvalue weighted by Gasteiger charge is 2.21. The molecule has 0 radical (unpaired) electrons. The Hall–Kier alpha value is -7.14. The lowest BCUT2D eigenvalue weighted by Crippen LogP contribution is -2.10. The molecule has 0 aliphatic rings. The zero-order valence-electron chi connectivity index (χ0n) is 30.1. The van der Waals surface area contributed by atoms with Crippen molar-refractivity contribution in [3.63, 3.8) is 0 Å². The topological polar surface area (TPSA) is 29.5 Å². The summed E-state index contributed by atoms with van der Waals surface area (Å²) in [5.41, 5.74) is 11.2. The summed E-state index contributed by atoms with van der Waals surface area (Å²) in [7, 11) is 0. The summed E-state index contributed by atoms with van der Waals surface area (Å²) in [4.78, 5) is 2.30. The van der Waals surface area contributed by atoms with Gasteiger partial charge in [0.15, 0.2) is 5.58 Å². The van der Waals surface area contributed by atoms with E-state index in [1.165, 1.54) is 42.1 Å². The first-order valence-electron chi connectivity index (χ1n) is 18.9. The zero-order valence-corrected chi connectivity index (χ0v) is 30.9. The molecule has 3 heterocycles. The summed E-state index contributed by atoms with van der Waals surface area (Å²) in [6.07, 6.45) is 0. The maximum atomic E-state index is 6.87. The SMILES string of the molecule is c1ccc2cc(-c3ccc(N(c4ccc(-c5cccc6c5oc5c6ccc6sc7ccccc7c65)cc4)c4cccc5c4oc4ccccc45)cc3)ccc2c1. The predicted octanol–water partition coefficient (Wildman–Crippen LogP) is 15.8. The number of anilines is 3. The van der Waals surface area contributed by atoms with Crippen molar-refractivity contribution in [1.29, 1.82) is 0 Å². The molecule has 12 rings (SSSR count). The summed E-state index contributed by atoms with van der Waals surface area (Å²) >= 11 is 1.82. The van der Waals surface area contributed by atoms with Crippen LogP contribution in [0, 0.1) is 0 Å². The monoisotopic (exact) mass is 733 g/mol. The average molecular weight is 734 g/mol. The molecule has 0 saturated carbocycles. The van der Waals surface area contributed by atoms with Crippen molar-refractivity contribution < 1.29 is 8.83 Å². The van der Waals surface area contributed by atoms with Crippen molar-refractivity contribution in [3.8, 4) is 22.3 Å². The van der Waals surface area contributed by atoms with E-state index in [1.807, 2.05) is 23.5 Å². The summed E-state index contributed by atoms with van der Waals surface area (Å²) < 4.78 is 16.0. The number of benzene rings is 9. The van der Waals surface area contributed by atoms with Crippen LogP contribution < -0.4 is 4.90 Å². The van der Waals surface area contributed by atoms with E-state index in [2.05, 4.69) is 181 Å². The summed E-state index contributed by atoms with van der Waals surface area (Å²) in [5, 5.41) is 9.39. The minimum atomic E-state index is 0.857.